The highest BCUT2D eigenvalue weighted by Gasteiger charge is 2.37. The molecule has 1 atom stereocenters. The van der Waals surface area contributed by atoms with Gasteiger partial charge in [0.1, 0.15) is 5.60 Å². The Kier molecular flexibility index (Phi) is 6.90. The molecule has 124 valence electrons. The van der Waals surface area contributed by atoms with Crippen LogP contribution in [0.2, 0.25) is 0 Å². The molecule has 6 heteroatoms. The van der Waals surface area contributed by atoms with Crippen LogP contribution in [0.1, 0.15) is 47.5 Å². The molecule has 1 aliphatic rings. The summed E-state index contributed by atoms with van der Waals surface area (Å²) in [4.78, 5) is 11.7. The van der Waals surface area contributed by atoms with E-state index < -0.39 is 17.5 Å². The third-order valence-corrected chi connectivity index (χ3v) is 3.20. The second-order valence-corrected chi connectivity index (χ2v) is 6.26. The third kappa shape index (κ3) is 6.63. The number of hydrogen-bond donors (Lipinski definition) is 2. The van der Waals surface area contributed by atoms with Crippen molar-refractivity contribution in [3.8, 4) is 0 Å². The number of hydrogen-bond acceptors (Lipinski definition) is 5. The van der Waals surface area contributed by atoms with Gasteiger partial charge < -0.3 is 24.8 Å². The molecule has 1 aliphatic heterocycles. The van der Waals surface area contributed by atoms with Crippen molar-refractivity contribution >= 4 is 6.09 Å². The largest absolute Gasteiger partial charge is 0.444 e. The summed E-state index contributed by atoms with van der Waals surface area (Å²) in [5, 5.41) is 6.17. The highest BCUT2D eigenvalue weighted by atomic mass is 16.7. The molecule has 0 spiro atoms. The molecule has 1 rings (SSSR count). The first-order valence-corrected chi connectivity index (χ1v) is 7.78. The molecular formula is C15H30N2O4. The first-order chi connectivity index (χ1) is 9.80. The molecular weight excluding hydrogens is 272 g/mol. The lowest BCUT2D eigenvalue weighted by atomic mass is 9.97. The van der Waals surface area contributed by atoms with Crippen LogP contribution >= 0.6 is 0 Å². The molecule has 1 fully saturated rings. The van der Waals surface area contributed by atoms with Crippen LogP contribution in [0.5, 0.6) is 0 Å². The average Bonchev–Trinajstić information content (AvgIpc) is 2.35. The van der Waals surface area contributed by atoms with Crippen molar-refractivity contribution in [1.82, 2.24) is 10.6 Å². The van der Waals surface area contributed by atoms with Gasteiger partial charge in [-0.05, 0) is 34.6 Å². The summed E-state index contributed by atoms with van der Waals surface area (Å²) < 4.78 is 16.9. The molecule has 0 aromatic carbocycles. The average molecular weight is 302 g/mol. The second kappa shape index (κ2) is 7.96. The lowest BCUT2D eigenvalue weighted by molar-refractivity contribution is -0.249. The Morgan fingerprint density at radius 3 is 2.43 bits per heavy atom. The summed E-state index contributed by atoms with van der Waals surface area (Å²) in [6.07, 6.45) is 1.13. The number of carbonyl (C=O) groups excluding carboxylic acids is 1. The smallest absolute Gasteiger partial charge is 0.407 e. The molecule has 0 aliphatic carbocycles. The quantitative estimate of drug-likeness (QED) is 0.735. The Hall–Kier alpha value is -0.850. The molecule has 0 unspecified atom stereocenters. The molecule has 1 saturated heterocycles. The molecule has 0 radical (unpaired) electrons. The Labute approximate surface area is 127 Å². The van der Waals surface area contributed by atoms with Crippen LogP contribution in [0, 0.1) is 0 Å². The van der Waals surface area contributed by atoms with E-state index in [9.17, 15) is 4.79 Å². The summed E-state index contributed by atoms with van der Waals surface area (Å²) >= 11 is 0. The van der Waals surface area contributed by atoms with E-state index in [1.165, 1.54) is 0 Å². The van der Waals surface area contributed by atoms with E-state index in [0.717, 1.165) is 13.0 Å². The first kappa shape index (κ1) is 18.2. The Morgan fingerprint density at radius 1 is 1.29 bits per heavy atom. The van der Waals surface area contributed by atoms with Gasteiger partial charge in [0.15, 0.2) is 5.79 Å². The Bertz CT molecular complexity index is 317. The molecule has 1 heterocycles. The lowest BCUT2D eigenvalue weighted by Crippen LogP contribution is -2.54. The number of carbonyl (C=O) groups is 1. The van der Waals surface area contributed by atoms with E-state index >= 15 is 0 Å². The summed E-state index contributed by atoms with van der Waals surface area (Å²) in [7, 11) is 0. The van der Waals surface area contributed by atoms with Gasteiger partial charge >= 0.3 is 6.09 Å². The molecule has 0 bridgehead atoms. The SMILES string of the molecule is CCOC1(OCC)CCN[C@@H](CNC(=O)OC(C)(C)C)C1. The molecule has 6 nitrogen and oxygen atoms in total. The molecule has 1 amide bonds. The lowest BCUT2D eigenvalue weighted by Gasteiger charge is -2.40. The first-order valence-electron chi connectivity index (χ1n) is 7.78. The standard InChI is InChI=1S/C15H30N2O4/c1-6-19-15(20-7-2)8-9-16-12(10-15)11-17-13(18)21-14(3,4)5/h12,16H,6-11H2,1-5H3,(H,17,18)/t12-/m1/s1. The molecule has 0 saturated carbocycles. The topological polar surface area (TPSA) is 68.8 Å². The maximum absolute atomic E-state index is 11.7. The number of piperidine rings is 1. The molecule has 0 aromatic heterocycles. The van der Waals surface area contributed by atoms with Gasteiger partial charge in [-0.25, -0.2) is 4.79 Å². The van der Waals surface area contributed by atoms with Crippen molar-refractivity contribution in [3.63, 3.8) is 0 Å². The number of ether oxygens (including phenoxy) is 3. The maximum Gasteiger partial charge on any atom is 0.407 e. The molecule has 21 heavy (non-hydrogen) atoms. The van der Waals surface area contributed by atoms with E-state index in [-0.39, 0.29) is 6.04 Å². The van der Waals surface area contributed by atoms with Crippen molar-refractivity contribution in [3.05, 3.63) is 0 Å². The number of rotatable bonds is 6. The normalized spacial score (nSPS) is 21.9. The number of alkyl carbamates (subject to hydrolysis) is 1. The predicted octanol–water partition coefficient (Wildman–Crippen LogP) is 2.03. The number of nitrogens with one attached hydrogen (secondary N) is 2. The summed E-state index contributed by atoms with van der Waals surface area (Å²) in [6, 6.07) is 0.115. The van der Waals surface area contributed by atoms with Crippen LogP contribution in [-0.2, 0) is 14.2 Å². The summed E-state index contributed by atoms with van der Waals surface area (Å²) in [5.74, 6) is -0.533. The molecule has 2 N–H and O–H groups in total. The molecule has 0 aromatic rings. The minimum Gasteiger partial charge on any atom is -0.444 e. The van der Waals surface area contributed by atoms with Crippen LogP contribution in [0.4, 0.5) is 4.79 Å². The van der Waals surface area contributed by atoms with Crippen molar-refractivity contribution in [2.75, 3.05) is 26.3 Å². The van der Waals surface area contributed by atoms with Crippen molar-refractivity contribution in [2.24, 2.45) is 0 Å². The van der Waals surface area contributed by atoms with Crippen LogP contribution in [0.3, 0.4) is 0 Å². The van der Waals surface area contributed by atoms with Crippen LogP contribution in [0.15, 0.2) is 0 Å². The number of amides is 1. The van der Waals surface area contributed by atoms with Gasteiger partial charge in [0.2, 0.25) is 0 Å². The fraction of sp³-hybridized carbons (Fsp3) is 0.933. The van der Waals surface area contributed by atoms with Crippen molar-refractivity contribution < 1.29 is 19.0 Å². The fourth-order valence-corrected chi connectivity index (χ4v) is 2.51. The zero-order valence-corrected chi connectivity index (χ0v) is 14.0. The highest BCUT2D eigenvalue weighted by Crippen LogP contribution is 2.27. The van der Waals surface area contributed by atoms with Crippen molar-refractivity contribution in [2.45, 2.75) is 64.9 Å². The third-order valence-electron chi connectivity index (χ3n) is 3.20. The Morgan fingerprint density at radius 2 is 1.90 bits per heavy atom. The summed E-state index contributed by atoms with van der Waals surface area (Å²) in [6.45, 7) is 12.0. The van der Waals surface area contributed by atoms with Gasteiger partial charge in [0.25, 0.3) is 0 Å². The van der Waals surface area contributed by atoms with Crippen LogP contribution < -0.4 is 10.6 Å². The van der Waals surface area contributed by atoms with Gasteiger partial charge in [-0.15, -0.1) is 0 Å². The fourth-order valence-electron chi connectivity index (χ4n) is 2.51. The van der Waals surface area contributed by atoms with Gasteiger partial charge in [0.05, 0.1) is 0 Å². The maximum atomic E-state index is 11.7. The van der Waals surface area contributed by atoms with Gasteiger partial charge in [-0.2, -0.15) is 0 Å². The predicted molar refractivity (Wildman–Crippen MR) is 81.2 cm³/mol. The van der Waals surface area contributed by atoms with Crippen LogP contribution in [-0.4, -0.2) is 49.8 Å². The van der Waals surface area contributed by atoms with Gasteiger partial charge in [-0.1, -0.05) is 0 Å². The highest BCUT2D eigenvalue weighted by molar-refractivity contribution is 5.67. The Balaban J connectivity index is 2.46. The van der Waals surface area contributed by atoms with E-state index in [1.54, 1.807) is 0 Å². The zero-order valence-electron chi connectivity index (χ0n) is 14.0. The zero-order chi connectivity index (χ0) is 15.9. The van der Waals surface area contributed by atoms with Crippen LogP contribution in [0.25, 0.3) is 0 Å². The summed E-state index contributed by atoms with van der Waals surface area (Å²) in [5.41, 5.74) is -0.482. The van der Waals surface area contributed by atoms with E-state index in [0.29, 0.717) is 26.2 Å². The second-order valence-electron chi connectivity index (χ2n) is 6.26. The van der Waals surface area contributed by atoms with Gasteiger partial charge in [-0.3, -0.25) is 0 Å². The minimum atomic E-state index is -0.533. The van der Waals surface area contributed by atoms with E-state index in [4.69, 9.17) is 14.2 Å². The minimum absolute atomic E-state index is 0.115. The monoisotopic (exact) mass is 302 g/mol. The van der Waals surface area contributed by atoms with Gasteiger partial charge in [0, 0.05) is 45.2 Å². The van der Waals surface area contributed by atoms with E-state index in [1.807, 2.05) is 34.6 Å². The van der Waals surface area contributed by atoms with E-state index in [2.05, 4.69) is 10.6 Å². The van der Waals surface area contributed by atoms with Crippen molar-refractivity contribution in [1.29, 1.82) is 0 Å².